The summed E-state index contributed by atoms with van der Waals surface area (Å²) >= 11 is 0. The molecule has 2 N–H and O–H groups in total. The molecule has 0 bridgehead atoms. The largest absolute Gasteiger partial charge is 0.330 e. The number of benzene rings is 1. The third kappa shape index (κ3) is 4.09. The SMILES string of the molecule is CCCCC1CCC(CN)(Cc2ccc(C)cc2)CC1. The van der Waals surface area contributed by atoms with Crippen LogP contribution in [0.5, 0.6) is 0 Å². The molecule has 0 atom stereocenters. The zero-order valence-corrected chi connectivity index (χ0v) is 13.3. The van der Waals surface area contributed by atoms with Crippen LogP contribution in [0.4, 0.5) is 0 Å². The maximum absolute atomic E-state index is 6.16. The molecule has 1 heteroatoms. The van der Waals surface area contributed by atoms with Gasteiger partial charge in [0.05, 0.1) is 0 Å². The van der Waals surface area contributed by atoms with Crippen molar-refractivity contribution >= 4 is 0 Å². The summed E-state index contributed by atoms with van der Waals surface area (Å²) in [5.74, 6) is 0.965. The first-order valence-corrected chi connectivity index (χ1v) is 8.43. The highest BCUT2D eigenvalue weighted by Gasteiger charge is 2.33. The molecule has 0 aromatic heterocycles. The molecule has 1 aliphatic rings. The first kappa shape index (κ1) is 15.6. The van der Waals surface area contributed by atoms with Gasteiger partial charge in [-0.3, -0.25) is 0 Å². The van der Waals surface area contributed by atoms with Gasteiger partial charge in [-0.1, -0.05) is 56.0 Å². The van der Waals surface area contributed by atoms with Crippen molar-refractivity contribution in [3.8, 4) is 0 Å². The number of hydrogen-bond acceptors (Lipinski definition) is 1. The van der Waals surface area contributed by atoms with Crippen molar-refractivity contribution in [2.75, 3.05) is 6.54 Å². The molecule has 112 valence electrons. The van der Waals surface area contributed by atoms with Gasteiger partial charge >= 0.3 is 0 Å². The molecule has 1 fully saturated rings. The Bertz CT molecular complexity index is 385. The van der Waals surface area contributed by atoms with Crippen LogP contribution in [-0.4, -0.2) is 6.54 Å². The predicted octanol–water partition coefficient (Wildman–Crippen LogP) is 4.86. The van der Waals surface area contributed by atoms with Gasteiger partial charge in [-0.05, 0) is 62.5 Å². The first-order chi connectivity index (χ1) is 9.67. The molecule has 1 aliphatic carbocycles. The number of unbranched alkanes of at least 4 members (excludes halogenated alkanes) is 1. The van der Waals surface area contributed by atoms with Crippen LogP contribution in [0.15, 0.2) is 24.3 Å². The number of hydrogen-bond donors (Lipinski definition) is 1. The Morgan fingerprint density at radius 1 is 1.15 bits per heavy atom. The summed E-state index contributed by atoms with van der Waals surface area (Å²) < 4.78 is 0. The smallest absolute Gasteiger partial charge is 0.00173 e. The Balaban J connectivity index is 1.92. The van der Waals surface area contributed by atoms with Crippen molar-refractivity contribution in [3.05, 3.63) is 35.4 Å². The van der Waals surface area contributed by atoms with Gasteiger partial charge in [0.2, 0.25) is 0 Å². The molecule has 0 amide bonds. The van der Waals surface area contributed by atoms with E-state index in [4.69, 9.17) is 5.73 Å². The molecule has 0 saturated heterocycles. The summed E-state index contributed by atoms with van der Waals surface area (Å²) in [6, 6.07) is 9.03. The van der Waals surface area contributed by atoms with Crippen LogP contribution in [0.25, 0.3) is 0 Å². The first-order valence-electron chi connectivity index (χ1n) is 8.43. The molecule has 1 aromatic carbocycles. The molecule has 0 radical (unpaired) electrons. The highest BCUT2D eigenvalue weighted by molar-refractivity contribution is 5.22. The van der Waals surface area contributed by atoms with Gasteiger partial charge in [0.15, 0.2) is 0 Å². The van der Waals surface area contributed by atoms with Gasteiger partial charge in [0.25, 0.3) is 0 Å². The molecular weight excluding hydrogens is 242 g/mol. The van der Waals surface area contributed by atoms with Crippen LogP contribution in [0.3, 0.4) is 0 Å². The third-order valence-corrected chi connectivity index (χ3v) is 5.26. The van der Waals surface area contributed by atoms with Crippen LogP contribution in [0.1, 0.15) is 63.0 Å². The average Bonchev–Trinajstić information content (AvgIpc) is 2.49. The fourth-order valence-corrected chi connectivity index (χ4v) is 3.66. The second kappa shape index (κ2) is 7.26. The predicted molar refractivity (Wildman–Crippen MR) is 87.9 cm³/mol. The van der Waals surface area contributed by atoms with Gasteiger partial charge in [0, 0.05) is 0 Å². The average molecular weight is 273 g/mol. The van der Waals surface area contributed by atoms with Crippen molar-refractivity contribution in [2.24, 2.45) is 17.1 Å². The minimum atomic E-state index is 0.373. The lowest BCUT2D eigenvalue weighted by molar-refractivity contribution is 0.150. The minimum absolute atomic E-state index is 0.373. The molecule has 0 heterocycles. The summed E-state index contributed by atoms with van der Waals surface area (Å²) in [6.45, 7) is 5.30. The second-order valence-electron chi connectivity index (χ2n) is 6.95. The molecule has 1 nitrogen and oxygen atoms in total. The number of rotatable bonds is 6. The van der Waals surface area contributed by atoms with Crippen molar-refractivity contribution in [3.63, 3.8) is 0 Å². The summed E-state index contributed by atoms with van der Waals surface area (Å²) in [4.78, 5) is 0. The Hall–Kier alpha value is -0.820. The summed E-state index contributed by atoms with van der Waals surface area (Å²) in [5, 5.41) is 0. The second-order valence-corrected chi connectivity index (χ2v) is 6.95. The highest BCUT2D eigenvalue weighted by Crippen LogP contribution is 2.42. The van der Waals surface area contributed by atoms with Gasteiger partial charge in [-0.2, -0.15) is 0 Å². The number of aryl methyl sites for hydroxylation is 1. The molecule has 1 saturated carbocycles. The zero-order valence-electron chi connectivity index (χ0n) is 13.3. The third-order valence-electron chi connectivity index (χ3n) is 5.26. The van der Waals surface area contributed by atoms with E-state index in [9.17, 15) is 0 Å². The topological polar surface area (TPSA) is 26.0 Å². The van der Waals surface area contributed by atoms with E-state index >= 15 is 0 Å². The number of nitrogens with two attached hydrogens (primary N) is 1. The Morgan fingerprint density at radius 2 is 1.80 bits per heavy atom. The quantitative estimate of drug-likeness (QED) is 0.786. The van der Waals surface area contributed by atoms with Crippen LogP contribution in [-0.2, 0) is 6.42 Å². The monoisotopic (exact) mass is 273 g/mol. The van der Waals surface area contributed by atoms with E-state index < -0.39 is 0 Å². The highest BCUT2D eigenvalue weighted by atomic mass is 14.6. The summed E-state index contributed by atoms with van der Waals surface area (Å²) in [7, 11) is 0. The molecular formula is C19H31N. The lowest BCUT2D eigenvalue weighted by Gasteiger charge is -2.40. The minimum Gasteiger partial charge on any atom is -0.330 e. The van der Waals surface area contributed by atoms with Crippen LogP contribution in [0.2, 0.25) is 0 Å². The molecule has 2 rings (SSSR count). The molecule has 0 unspecified atom stereocenters. The summed E-state index contributed by atoms with van der Waals surface area (Å²) in [5.41, 5.74) is 9.35. The van der Waals surface area contributed by atoms with E-state index in [0.717, 1.165) is 12.5 Å². The fourth-order valence-electron chi connectivity index (χ4n) is 3.66. The molecule has 1 aromatic rings. The van der Waals surface area contributed by atoms with Crippen molar-refractivity contribution in [1.29, 1.82) is 0 Å². The molecule has 0 aliphatic heterocycles. The van der Waals surface area contributed by atoms with Crippen molar-refractivity contribution in [2.45, 2.75) is 65.2 Å². The normalized spacial score (nSPS) is 26.6. The zero-order chi connectivity index (χ0) is 14.4. The van der Waals surface area contributed by atoms with Crippen LogP contribution in [0, 0.1) is 18.3 Å². The van der Waals surface area contributed by atoms with Gasteiger partial charge in [-0.15, -0.1) is 0 Å². The lowest BCUT2D eigenvalue weighted by atomic mass is 9.66. The van der Waals surface area contributed by atoms with E-state index in [1.165, 1.54) is 62.5 Å². The maximum atomic E-state index is 6.16. The molecule has 20 heavy (non-hydrogen) atoms. The maximum Gasteiger partial charge on any atom is -0.00173 e. The molecule has 0 spiro atoms. The Labute approximate surface area is 125 Å². The van der Waals surface area contributed by atoms with Crippen molar-refractivity contribution < 1.29 is 0 Å². The van der Waals surface area contributed by atoms with E-state index in [2.05, 4.69) is 38.1 Å². The van der Waals surface area contributed by atoms with E-state index in [1.54, 1.807) is 0 Å². The van der Waals surface area contributed by atoms with E-state index in [-0.39, 0.29) is 0 Å². The fraction of sp³-hybridized carbons (Fsp3) is 0.684. The van der Waals surface area contributed by atoms with Gasteiger partial charge in [-0.25, -0.2) is 0 Å². The Kier molecular flexibility index (Phi) is 5.65. The summed E-state index contributed by atoms with van der Waals surface area (Å²) in [6.07, 6.45) is 10.8. The van der Waals surface area contributed by atoms with Gasteiger partial charge in [0.1, 0.15) is 0 Å². The lowest BCUT2D eigenvalue weighted by Crippen LogP contribution is -2.36. The van der Waals surface area contributed by atoms with E-state index in [0.29, 0.717) is 5.41 Å². The Morgan fingerprint density at radius 3 is 2.35 bits per heavy atom. The van der Waals surface area contributed by atoms with Crippen molar-refractivity contribution in [1.82, 2.24) is 0 Å². The van der Waals surface area contributed by atoms with Gasteiger partial charge < -0.3 is 5.73 Å². The van der Waals surface area contributed by atoms with Crippen LogP contribution < -0.4 is 5.73 Å². The van der Waals surface area contributed by atoms with E-state index in [1.807, 2.05) is 0 Å². The standard InChI is InChI=1S/C19H31N/c1-3-4-5-17-10-12-19(15-20,13-11-17)14-18-8-6-16(2)7-9-18/h6-9,17H,3-5,10-15,20H2,1-2H3. The van der Waals surface area contributed by atoms with Crippen LogP contribution >= 0.6 is 0 Å².